The van der Waals surface area contributed by atoms with Crippen LogP contribution in [-0.2, 0) is 4.79 Å². The second-order valence-corrected chi connectivity index (χ2v) is 7.15. The van der Waals surface area contributed by atoms with Crippen molar-refractivity contribution in [3.05, 3.63) is 59.0 Å². The minimum atomic E-state index is -0.597. The van der Waals surface area contributed by atoms with Crippen molar-refractivity contribution in [3.8, 4) is 0 Å². The van der Waals surface area contributed by atoms with Crippen LogP contribution < -0.4 is 10.6 Å². The van der Waals surface area contributed by atoms with E-state index in [1.807, 2.05) is 65.0 Å². The number of hydrogen-bond acceptors (Lipinski definition) is 3. The molecule has 0 radical (unpaired) electrons. The van der Waals surface area contributed by atoms with Crippen molar-refractivity contribution >= 4 is 11.8 Å². The molecule has 0 saturated carbocycles. The molecular weight excluding hydrogens is 328 g/mol. The van der Waals surface area contributed by atoms with E-state index in [0.29, 0.717) is 17.7 Å². The van der Waals surface area contributed by atoms with E-state index in [2.05, 4.69) is 10.6 Å². The van der Waals surface area contributed by atoms with Crippen LogP contribution in [0.4, 0.5) is 0 Å². The number of carbonyl (C=O) groups is 2. The molecule has 2 unspecified atom stereocenters. The molecule has 2 atom stereocenters. The first-order valence-corrected chi connectivity index (χ1v) is 9.01. The minimum absolute atomic E-state index is 0.206. The third-order valence-corrected chi connectivity index (χ3v) is 4.27. The number of benzene rings is 1. The van der Waals surface area contributed by atoms with Crippen LogP contribution in [-0.4, -0.2) is 17.9 Å². The fraction of sp³-hybridized carbons (Fsp3) is 0.429. The first kappa shape index (κ1) is 19.8. The van der Waals surface area contributed by atoms with Crippen molar-refractivity contribution in [1.82, 2.24) is 10.6 Å². The zero-order chi connectivity index (χ0) is 19.3. The smallest absolute Gasteiger partial charge is 0.252 e. The Kier molecular flexibility index (Phi) is 6.61. The monoisotopic (exact) mass is 356 g/mol. The molecule has 2 N–H and O–H groups in total. The molecule has 0 aliphatic heterocycles. The molecule has 0 aliphatic rings. The van der Waals surface area contributed by atoms with Gasteiger partial charge in [0, 0.05) is 5.56 Å². The van der Waals surface area contributed by atoms with Crippen LogP contribution in [0.1, 0.15) is 60.7 Å². The van der Waals surface area contributed by atoms with E-state index in [-0.39, 0.29) is 23.8 Å². The Morgan fingerprint density at radius 2 is 1.69 bits per heavy atom. The fourth-order valence-electron chi connectivity index (χ4n) is 2.84. The van der Waals surface area contributed by atoms with Gasteiger partial charge in [-0.15, -0.1) is 0 Å². The van der Waals surface area contributed by atoms with E-state index in [1.54, 1.807) is 6.07 Å². The summed E-state index contributed by atoms with van der Waals surface area (Å²) in [6, 6.07) is 10.2. The van der Waals surface area contributed by atoms with Gasteiger partial charge >= 0.3 is 0 Å². The van der Waals surface area contributed by atoms with Gasteiger partial charge in [-0.3, -0.25) is 9.59 Å². The molecule has 0 bridgehead atoms. The highest BCUT2D eigenvalue weighted by atomic mass is 16.3. The summed E-state index contributed by atoms with van der Waals surface area (Å²) in [5.74, 6) is 1.33. The zero-order valence-electron chi connectivity index (χ0n) is 16.1. The van der Waals surface area contributed by atoms with Gasteiger partial charge in [-0.2, -0.15) is 0 Å². The van der Waals surface area contributed by atoms with Gasteiger partial charge in [-0.1, -0.05) is 32.0 Å². The van der Waals surface area contributed by atoms with Gasteiger partial charge in [0.15, 0.2) is 0 Å². The van der Waals surface area contributed by atoms with Gasteiger partial charge in [0.05, 0.1) is 6.04 Å². The van der Waals surface area contributed by atoms with Gasteiger partial charge in [0.25, 0.3) is 5.91 Å². The van der Waals surface area contributed by atoms with Gasteiger partial charge in [0.1, 0.15) is 17.6 Å². The van der Waals surface area contributed by atoms with Crippen LogP contribution in [0, 0.1) is 19.8 Å². The Labute approximate surface area is 155 Å². The van der Waals surface area contributed by atoms with Crippen LogP contribution in [0.3, 0.4) is 0 Å². The van der Waals surface area contributed by atoms with Crippen molar-refractivity contribution in [2.45, 2.75) is 53.1 Å². The Balaban J connectivity index is 2.09. The van der Waals surface area contributed by atoms with Crippen molar-refractivity contribution < 1.29 is 14.0 Å². The Morgan fingerprint density at radius 1 is 1.00 bits per heavy atom. The molecule has 0 aliphatic carbocycles. The van der Waals surface area contributed by atoms with Crippen molar-refractivity contribution in [2.24, 2.45) is 5.92 Å². The predicted molar refractivity (Wildman–Crippen MR) is 102 cm³/mol. The summed E-state index contributed by atoms with van der Waals surface area (Å²) in [6.07, 6.45) is 0.563. The first-order chi connectivity index (χ1) is 12.3. The largest absolute Gasteiger partial charge is 0.464 e. The molecular formula is C21H28N2O3. The topological polar surface area (TPSA) is 71.3 Å². The summed E-state index contributed by atoms with van der Waals surface area (Å²) >= 11 is 0. The summed E-state index contributed by atoms with van der Waals surface area (Å²) in [5, 5.41) is 5.82. The highest BCUT2D eigenvalue weighted by molar-refractivity contribution is 5.98. The fourth-order valence-corrected chi connectivity index (χ4v) is 2.84. The lowest BCUT2D eigenvalue weighted by molar-refractivity contribution is -0.124. The lowest BCUT2D eigenvalue weighted by Crippen LogP contribution is -2.48. The Hall–Kier alpha value is -2.56. The molecule has 5 heteroatoms. The summed E-state index contributed by atoms with van der Waals surface area (Å²) in [6.45, 7) is 9.67. The molecule has 1 heterocycles. The van der Waals surface area contributed by atoms with Crippen molar-refractivity contribution in [1.29, 1.82) is 0 Å². The maximum absolute atomic E-state index is 12.8. The van der Waals surface area contributed by atoms with Crippen LogP contribution in [0.2, 0.25) is 0 Å². The SMILES string of the molecule is Cc1ccc(C(C)NC(=O)C(CC(C)C)NC(=O)c2ccccc2C)o1. The Morgan fingerprint density at radius 3 is 2.27 bits per heavy atom. The number of carbonyl (C=O) groups excluding carboxylic acids is 2. The average Bonchev–Trinajstić information content (AvgIpc) is 3.00. The van der Waals surface area contributed by atoms with E-state index >= 15 is 0 Å². The van der Waals surface area contributed by atoms with E-state index in [0.717, 1.165) is 11.3 Å². The zero-order valence-corrected chi connectivity index (χ0v) is 16.1. The molecule has 0 fully saturated rings. The minimum Gasteiger partial charge on any atom is -0.464 e. The molecule has 2 rings (SSSR count). The molecule has 140 valence electrons. The number of hydrogen-bond donors (Lipinski definition) is 2. The standard InChI is InChI=1S/C21H28N2O3/c1-13(2)12-18(23-20(24)17-9-7-6-8-14(17)3)21(25)22-16(5)19-11-10-15(4)26-19/h6-11,13,16,18H,12H2,1-5H3,(H,22,25)(H,23,24). The summed E-state index contributed by atoms with van der Waals surface area (Å²) < 4.78 is 5.57. The third-order valence-electron chi connectivity index (χ3n) is 4.27. The molecule has 0 saturated heterocycles. The van der Waals surface area contributed by atoms with E-state index in [1.165, 1.54) is 0 Å². The third kappa shape index (κ3) is 5.22. The Bertz CT molecular complexity index is 764. The molecule has 26 heavy (non-hydrogen) atoms. The van der Waals surface area contributed by atoms with Crippen LogP contribution in [0.5, 0.6) is 0 Å². The van der Waals surface area contributed by atoms with Crippen molar-refractivity contribution in [2.75, 3.05) is 0 Å². The van der Waals surface area contributed by atoms with Crippen LogP contribution >= 0.6 is 0 Å². The maximum atomic E-state index is 12.8. The lowest BCUT2D eigenvalue weighted by atomic mass is 10.0. The van der Waals surface area contributed by atoms with E-state index < -0.39 is 6.04 Å². The summed E-state index contributed by atoms with van der Waals surface area (Å²) in [4.78, 5) is 25.4. The quantitative estimate of drug-likeness (QED) is 0.790. The van der Waals surface area contributed by atoms with Gasteiger partial charge in [-0.25, -0.2) is 0 Å². The molecule has 0 spiro atoms. The second-order valence-electron chi connectivity index (χ2n) is 7.15. The molecule has 1 aromatic carbocycles. The van der Waals surface area contributed by atoms with Crippen LogP contribution in [0.25, 0.3) is 0 Å². The molecule has 2 aromatic rings. The van der Waals surface area contributed by atoms with Crippen LogP contribution in [0.15, 0.2) is 40.8 Å². The normalized spacial score (nSPS) is 13.3. The highest BCUT2D eigenvalue weighted by Crippen LogP contribution is 2.17. The lowest BCUT2D eigenvalue weighted by Gasteiger charge is -2.22. The van der Waals surface area contributed by atoms with E-state index in [9.17, 15) is 9.59 Å². The summed E-state index contributed by atoms with van der Waals surface area (Å²) in [5.41, 5.74) is 1.47. The molecule has 5 nitrogen and oxygen atoms in total. The number of aryl methyl sites for hydroxylation is 2. The number of furan rings is 1. The second kappa shape index (κ2) is 8.70. The number of rotatable bonds is 7. The molecule has 2 amide bonds. The molecule has 1 aromatic heterocycles. The number of amides is 2. The van der Waals surface area contributed by atoms with Gasteiger partial charge in [0.2, 0.25) is 5.91 Å². The maximum Gasteiger partial charge on any atom is 0.252 e. The predicted octanol–water partition coefficient (Wildman–Crippen LogP) is 3.92. The van der Waals surface area contributed by atoms with Gasteiger partial charge < -0.3 is 15.1 Å². The number of nitrogens with one attached hydrogen (secondary N) is 2. The first-order valence-electron chi connectivity index (χ1n) is 9.01. The highest BCUT2D eigenvalue weighted by Gasteiger charge is 2.25. The van der Waals surface area contributed by atoms with E-state index in [4.69, 9.17) is 4.42 Å². The average molecular weight is 356 g/mol. The van der Waals surface area contributed by atoms with Gasteiger partial charge in [-0.05, 0) is 56.9 Å². The summed E-state index contributed by atoms with van der Waals surface area (Å²) in [7, 11) is 0. The van der Waals surface area contributed by atoms with Crippen molar-refractivity contribution in [3.63, 3.8) is 0 Å².